The Balaban J connectivity index is 1.63. The molecule has 1 heterocycles. The lowest BCUT2D eigenvalue weighted by Gasteiger charge is -2.14. The highest BCUT2D eigenvalue weighted by atomic mass is 32.2. The van der Waals surface area contributed by atoms with Gasteiger partial charge in [0.05, 0.1) is 11.8 Å². The molecule has 1 N–H and O–H groups in total. The van der Waals surface area contributed by atoms with Crippen molar-refractivity contribution in [2.24, 2.45) is 7.05 Å². The third kappa shape index (κ3) is 4.67. The second kappa shape index (κ2) is 8.84. The summed E-state index contributed by atoms with van der Waals surface area (Å²) in [5.74, 6) is 0.791. The van der Waals surface area contributed by atoms with Crippen LogP contribution < -0.4 is 5.32 Å². The third-order valence-electron chi connectivity index (χ3n) is 4.31. The van der Waals surface area contributed by atoms with E-state index in [0.29, 0.717) is 22.1 Å². The molecular formula is C21H22N4O2S. The molecule has 0 saturated carbocycles. The van der Waals surface area contributed by atoms with Gasteiger partial charge in [0.15, 0.2) is 16.8 Å². The summed E-state index contributed by atoms with van der Waals surface area (Å²) < 4.78 is 1.81. The number of hydrogen-bond donors (Lipinski definition) is 1. The SMILES string of the molecule is Cc1cccc(C(=O)NC(C)c2nnc(SCC(=O)c3ccccc3)n2C)c1. The molecule has 0 aliphatic rings. The fourth-order valence-corrected chi connectivity index (χ4v) is 3.61. The number of carbonyl (C=O) groups is 2. The van der Waals surface area contributed by atoms with Crippen LogP contribution in [0.3, 0.4) is 0 Å². The summed E-state index contributed by atoms with van der Waals surface area (Å²) in [6.45, 7) is 3.81. The molecule has 6 nitrogen and oxygen atoms in total. The number of nitrogens with one attached hydrogen (secondary N) is 1. The van der Waals surface area contributed by atoms with Crippen LogP contribution in [0.1, 0.15) is 45.1 Å². The molecule has 144 valence electrons. The minimum absolute atomic E-state index is 0.0379. The second-order valence-corrected chi connectivity index (χ2v) is 7.48. The van der Waals surface area contributed by atoms with E-state index >= 15 is 0 Å². The molecule has 3 rings (SSSR count). The summed E-state index contributed by atoms with van der Waals surface area (Å²) >= 11 is 1.33. The lowest BCUT2D eigenvalue weighted by atomic mass is 10.1. The molecule has 0 aliphatic carbocycles. The predicted molar refractivity (Wildman–Crippen MR) is 110 cm³/mol. The standard InChI is InChI=1S/C21H22N4O2S/c1-14-8-7-11-17(12-14)20(27)22-15(2)19-23-24-21(25(19)3)28-13-18(26)16-9-5-4-6-10-16/h4-12,15H,13H2,1-3H3,(H,22,27). The molecule has 1 aromatic heterocycles. The Morgan fingerprint density at radius 1 is 1.07 bits per heavy atom. The lowest BCUT2D eigenvalue weighted by molar-refractivity contribution is 0.0937. The summed E-state index contributed by atoms with van der Waals surface area (Å²) in [5.41, 5.74) is 2.31. The highest BCUT2D eigenvalue weighted by molar-refractivity contribution is 7.99. The molecule has 0 bridgehead atoms. The summed E-state index contributed by atoms with van der Waals surface area (Å²) in [5, 5.41) is 11.9. The van der Waals surface area contributed by atoms with Crippen molar-refractivity contribution in [2.75, 3.05) is 5.75 Å². The minimum atomic E-state index is -0.315. The van der Waals surface area contributed by atoms with E-state index in [0.717, 1.165) is 5.56 Å². The maximum absolute atomic E-state index is 12.5. The summed E-state index contributed by atoms with van der Waals surface area (Å²) in [6.07, 6.45) is 0. The zero-order valence-corrected chi connectivity index (χ0v) is 16.9. The summed E-state index contributed by atoms with van der Waals surface area (Å²) in [7, 11) is 1.83. The second-order valence-electron chi connectivity index (χ2n) is 6.54. The van der Waals surface area contributed by atoms with Crippen LogP contribution in [0, 0.1) is 6.92 Å². The van der Waals surface area contributed by atoms with Crippen LogP contribution in [0.4, 0.5) is 0 Å². The number of nitrogens with zero attached hydrogens (tertiary/aromatic N) is 3. The summed E-state index contributed by atoms with van der Waals surface area (Å²) in [4.78, 5) is 24.7. The van der Waals surface area contributed by atoms with Crippen LogP contribution in [0.25, 0.3) is 0 Å². The van der Waals surface area contributed by atoms with Gasteiger partial charge in [-0.25, -0.2) is 0 Å². The predicted octanol–water partition coefficient (Wildman–Crippen LogP) is 3.59. The Labute approximate surface area is 168 Å². The van der Waals surface area contributed by atoms with Gasteiger partial charge >= 0.3 is 0 Å². The first kappa shape index (κ1) is 19.8. The van der Waals surface area contributed by atoms with Crippen LogP contribution >= 0.6 is 11.8 Å². The molecule has 28 heavy (non-hydrogen) atoms. The van der Waals surface area contributed by atoms with Crippen molar-refractivity contribution in [1.29, 1.82) is 0 Å². The van der Waals surface area contributed by atoms with Crippen molar-refractivity contribution in [3.63, 3.8) is 0 Å². The summed E-state index contributed by atoms with van der Waals surface area (Å²) in [6, 6.07) is 16.3. The first-order valence-electron chi connectivity index (χ1n) is 8.93. The molecule has 1 amide bonds. The van der Waals surface area contributed by atoms with E-state index in [1.165, 1.54) is 11.8 Å². The number of benzene rings is 2. The van der Waals surface area contributed by atoms with Gasteiger partial charge in [0, 0.05) is 18.2 Å². The smallest absolute Gasteiger partial charge is 0.251 e. The Hall–Kier alpha value is -2.93. The van der Waals surface area contributed by atoms with Crippen molar-refractivity contribution in [3.05, 3.63) is 77.1 Å². The lowest BCUT2D eigenvalue weighted by Crippen LogP contribution is -2.28. The van der Waals surface area contributed by atoms with Gasteiger partial charge < -0.3 is 9.88 Å². The monoisotopic (exact) mass is 394 g/mol. The topological polar surface area (TPSA) is 76.9 Å². The van der Waals surface area contributed by atoms with Gasteiger partial charge in [-0.2, -0.15) is 0 Å². The maximum atomic E-state index is 12.5. The number of amides is 1. The molecule has 3 aromatic rings. The van der Waals surface area contributed by atoms with Crippen LogP contribution in [0.5, 0.6) is 0 Å². The molecule has 7 heteroatoms. The average molecular weight is 395 g/mol. The number of Topliss-reactive ketones (excluding diaryl/α,β-unsaturated/α-hetero) is 1. The normalized spacial score (nSPS) is 11.8. The highest BCUT2D eigenvalue weighted by Crippen LogP contribution is 2.20. The van der Waals surface area contributed by atoms with E-state index in [1.807, 2.05) is 61.9 Å². The fraction of sp³-hybridized carbons (Fsp3) is 0.238. The molecule has 1 atom stereocenters. The molecule has 0 radical (unpaired) electrons. The van der Waals surface area contributed by atoms with Gasteiger partial charge in [0.1, 0.15) is 0 Å². The van der Waals surface area contributed by atoms with Gasteiger partial charge in [-0.05, 0) is 26.0 Å². The van der Waals surface area contributed by atoms with E-state index in [4.69, 9.17) is 0 Å². The molecule has 0 aliphatic heterocycles. The number of aryl methyl sites for hydroxylation is 1. The van der Waals surface area contributed by atoms with Gasteiger partial charge in [-0.15, -0.1) is 10.2 Å². The quantitative estimate of drug-likeness (QED) is 0.489. The van der Waals surface area contributed by atoms with Gasteiger partial charge in [0.2, 0.25) is 0 Å². The number of hydrogen-bond acceptors (Lipinski definition) is 5. The maximum Gasteiger partial charge on any atom is 0.251 e. The number of carbonyl (C=O) groups excluding carboxylic acids is 2. The van der Waals surface area contributed by atoms with E-state index < -0.39 is 0 Å². The molecule has 0 saturated heterocycles. The average Bonchev–Trinajstić information content (AvgIpc) is 3.07. The molecule has 1 unspecified atom stereocenters. The largest absolute Gasteiger partial charge is 0.342 e. The first-order chi connectivity index (χ1) is 13.5. The molecular weight excluding hydrogens is 372 g/mol. The number of ketones is 1. The molecule has 0 spiro atoms. The van der Waals surface area contributed by atoms with Gasteiger partial charge in [0.25, 0.3) is 5.91 Å². The van der Waals surface area contributed by atoms with Gasteiger partial charge in [-0.1, -0.05) is 59.8 Å². The zero-order valence-electron chi connectivity index (χ0n) is 16.0. The van der Waals surface area contributed by atoms with Crippen molar-refractivity contribution >= 4 is 23.5 Å². The van der Waals surface area contributed by atoms with Crippen molar-refractivity contribution in [3.8, 4) is 0 Å². The Kier molecular flexibility index (Phi) is 6.26. The highest BCUT2D eigenvalue weighted by Gasteiger charge is 2.19. The Bertz CT molecular complexity index is 985. The number of thioether (sulfide) groups is 1. The first-order valence-corrected chi connectivity index (χ1v) is 9.92. The van der Waals surface area contributed by atoms with Crippen LogP contribution in [0.2, 0.25) is 0 Å². The van der Waals surface area contributed by atoms with E-state index in [2.05, 4.69) is 15.5 Å². The number of rotatable bonds is 7. The minimum Gasteiger partial charge on any atom is -0.342 e. The molecule has 2 aromatic carbocycles. The van der Waals surface area contributed by atoms with E-state index in [1.54, 1.807) is 18.2 Å². The zero-order chi connectivity index (χ0) is 20.1. The van der Waals surface area contributed by atoms with E-state index in [9.17, 15) is 9.59 Å². The number of aromatic nitrogens is 3. The van der Waals surface area contributed by atoms with Crippen molar-refractivity contribution in [1.82, 2.24) is 20.1 Å². The molecule has 0 fully saturated rings. The van der Waals surface area contributed by atoms with Crippen LogP contribution in [-0.2, 0) is 7.05 Å². The van der Waals surface area contributed by atoms with Crippen molar-refractivity contribution in [2.45, 2.75) is 25.0 Å². The third-order valence-corrected chi connectivity index (χ3v) is 5.33. The Morgan fingerprint density at radius 2 is 1.79 bits per heavy atom. The van der Waals surface area contributed by atoms with E-state index in [-0.39, 0.29) is 23.5 Å². The van der Waals surface area contributed by atoms with Gasteiger partial charge in [-0.3, -0.25) is 9.59 Å². The Morgan fingerprint density at radius 3 is 2.50 bits per heavy atom. The van der Waals surface area contributed by atoms with Crippen LogP contribution in [-0.4, -0.2) is 32.2 Å². The van der Waals surface area contributed by atoms with Crippen LogP contribution in [0.15, 0.2) is 59.8 Å². The van der Waals surface area contributed by atoms with Crippen molar-refractivity contribution < 1.29 is 9.59 Å². The fourth-order valence-electron chi connectivity index (χ4n) is 2.80.